The standard InChI is InChI=1S/C50H89NO5/c1-4-7-10-13-16-19-21-23-24-26-28-31-34-37-40-43-50(55)56-46(41-38-35-32-30-27-25-22-20-17-14-11-8-5-2)44-49(54)51-47(45-52)48(53)42-39-36-33-29-18-15-12-9-6-3/h7,10,13,16,19,21,23-24,26,28,46-48,52-53H,4-6,8-9,11-12,14-15,17-18,20,22,25,27,29-45H2,1-3H3,(H,51,54)/b10-7+,16-13+,21-19-,24-23-,28-26+. The summed E-state index contributed by atoms with van der Waals surface area (Å²) in [6.07, 6.45) is 52.8. The zero-order valence-electron chi connectivity index (χ0n) is 36.8. The van der Waals surface area contributed by atoms with Crippen LogP contribution in [0.15, 0.2) is 60.8 Å². The van der Waals surface area contributed by atoms with Crippen LogP contribution in [0.3, 0.4) is 0 Å². The molecule has 0 radical (unpaired) electrons. The van der Waals surface area contributed by atoms with Crippen molar-refractivity contribution >= 4 is 11.9 Å². The van der Waals surface area contributed by atoms with Crippen molar-refractivity contribution in [2.45, 2.75) is 238 Å². The molecular formula is C50H89NO5. The number of nitrogens with one attached hydrogen (secondary N) is 1. The third kappa shape index (κ3) is 38.4. The van der Waals surface area contributed by atoms with Crippen LogP contribution in [0.5, 0.6) is 0 Å². The molecule has 0 saturated heterocycles. The summed E-state index contributed by atoms with van der Waals surface area (Å²) >= 11 is 0. The van der Waals surface area contributed by atoms with Crippen LogP contribution in [-0.4, -0.2) is 46.9 Å². The summed E-state index contributed by atoms with van der Waals surface area (Å²) in [5.41, 5.74) is 0. The lowest BCUT2D eigenvalue weighted by atomic mass is 10.0. The van der Waals surface area contributed by atoms with Gasteiger partial charge in [-0.25, -0.2) is 0 Å². The van der Waals surface area contributed by atoms with Gasteiger partial charge in [0.25, 0.3) is 0 Å². The lowest BCUT2D eigenvalue weighted by Gasteiger charge is -2.24. The topological polar surface area (TPSA) is 95.9 Å². The van der Waals surface area contributed by atoms with Gasteiger partial charge in [-0.1, -0.05) is 223 Å². The van der Waals surface area contributed by atoms with E-state index in [0.29, 0.717) is 19.3 Å². The third-order valence-corrected chi connectivity index (χ3v) is 10.5. The Balaban J connectivity index is 4.67. The predicted octanol–water partition coefficient (Wildman–Crippen LogP) is 13.7. The molecule has 1 amide bonds. The van der Waals surface area contributed by atoms with Crippen LogP contribution in [0.2, 0.25) is 0 Å². The van der Waals surface area contributed by atoms with Crippen molar-refractivity contribution in [3.63, 3.8) is 0 Å². The minimum atomic E-state index is -0.793. The van der Waals surface area contributed by atoms with Crippen LogP contribution in [0.25, 0.3) is 0 Å². The highest BCUT2D eigenvalue weighted by atomic mass is 16.5. The maximum Gasteiger partial charge on any atom is 0.306 e. The van der Waals surface area contributed by atoms with Gasteiger partial charge in [0.15, 0.2) is 0 Å². The first-order valence-corrected chi connectivity index (χ1v) is 23.6. The molecule has 0 bridgehead atoms. The number of aliphatic hydroxyl groups excluding tert-OH is 2. The first kappa shape index (κ1) is 53.6. The second-order valence-corrected chi connectivity index (χ2v) is 15.9. The molecule has 0 aliphatic carbocycles. The summed E-state index contributed by atoms with van der Waals surface area (Å²) in [4.78, 5) is 26.0. The first-order chi connectivity index (χ1) is 27.5. The van der Waals surface area contributed by atoms with E-state index in [1.54, 1.807) is 0 Å². The second kappa shape index (κ2) is 43.7. The van der Waals surface area contributed by atoms with Gasteiger partial charge >= 0.3 is 5.97 Å². The first-order valence-electron chi connectivity index (χ1n) is 23.6. The van der Waals surface area contributed by atoms with Crippen LogP contribution in [-0.2, 0) is 14.3 Å². The normalized spacial score (nSPS) is 13.9. The number of unbranched alkanes of at least 4 members (excludes halogenated alkanes) is 23. The summed E-state index contributed by atoms with van der Waals surface area (Å²) in [5, 5.41) is 23.6. The Hall–Kier alpha value is -2.44. The average molecular weight is 784 g/mol. The molecule has 6 nitrogen and oxygen atoms in total. The van der Waals surface area contributed by atoms with Gasteiger partial charge in [0, 0.05) is 6.42 Å². The zero-order chi connectivity index (χ0) is 41.0. The van der Waals surface area contributed by atoms with Crippen molar-refractivity contribution in [3.05, 3.63) is 60.8 Å². The van der Waals surface area contributed by atoms with E-state index in [1.807, 2.05) is 42.5 Å². The lowest BCUT2D eigenvalue weighted by molar-refractivity contribution is -0.151. The molecule has 0 rings (SSSR count). The Kier molecular flexibility index (Phi) is 41.8. The number of ether oxygens (including phenoxy) is 1. The Morgan fingerprint density at radius 2 is 0.964 bits per heavy atom. The molecule has 3 unspecified atom stereocenters. The molecule has 0 aliphatic heterocycles. The maximum atomic E-state index is 13.1. The molecule has 0 aliphatic rings. The maximum absolute atomic E-state index is 13.1. The minimum absolute atomic E-state index is 0.0605. The van der Waals surface area contributed by atoms with Crippen LogP contribution >= 0.6 is 0 Å². The Labute approximate surface area is 346 Å². The second-order valence-electron chi connectivity index (χ2n) is 15.9. The lowest BCUT2D eigenvalue weighted by Crippen LogP contribution is -2.46. The molecule has 0 aromatic heterocycles. The molecule has 3 N–H and O–H groups in total. The van der Waals surface area contributed by atoms with Crippen LogP contribution in [0.4, 0.5) is 0 Å². The largest absolute Gasteiger partial charge is 0.462 e. The number of carbonyl (C=O) groups is 2. The van der Waals surface area contributed by atoms with E-state index < -0.39 is 18.2 Å². The van der Waals surface area contributed by atoms with E-state index in [-0.39, 0.29) is 24.9 Å². The van der Waals surface area contributed by atoms with Gasteiger partial charge in [-0.3, -0.25) is 9.59 Å². The van der Waals surface area contributed by atoms with Crippen molar-refractivity contribution in [1.29, 1.82) is 0 Å². The number of hydrogen-bond acceptors (Lipinski definition) is 5. The third-order valence-electron chi connectivity index (χ3n) is 10.5. The number of allylic oxidation sites excluding steroid dienone is 10. The van der Waals surface area contributed by atoms with Crippen LogP contribution in [0, 0.1) is 0 Å². The summed E-state index contributed by atoms with van der Waals surface area (Å²) in [6, 6.07) is -0.708. The van der Waals surface area contributed by atoms with Gasteiger partial charge in [0.1, 0.15) is 6.10 Å². The molecule has 3 atom stereocenters. The summed E-state index contributed by atoms with van der Waals surface area (Å²) in [7, 11) is 0. The molecule has 0 heterocycles. The van der Waals surface area contributed by atoms with E-state index in [2.05, 4.69) is 44.3 Å². The molecular weight excluding hydrogens is 695 g/mol. The SMILES string of the molecule is CC/C=C/C=C/C=C\C=C/C=C/CCCCCC(=O)OC(CCCCCCCCCCCCCCC)CC(=O)NC(CO)C(O)CCCCCCCCCCC. The van der Waals surface area contributed by atoms with Crippen molar-refractivity contribution in [2.75, 3.05) is 6.61 Å². The molecule has 0 aromatic rings. The van der Waals surface area contributed by atoms with Crippen LogP contribution < -0.4 is 5.32 Å². The summed E-state index contributed by atoms with van der Waals surface area (Å²) in [5.74, 6) is -0.523. The van der Waals surface area contributed by atoms with E-state index >= 15 is 0 Å². The van der Waals surface area contributed by atoms with Gasteiger partial charge in [0.05, 0.1) is 25.2 Å². The molecule has 0 fully saturated rings. The Morgan fingerprint density at radius 3 is 1.45 bits per heavy atom. The number of amides is 1. The zero-order valence-corrected chi connectivity index (χ0v) is 36.8. The van der Waals surface area contributed by atoms with E-state index in [0.717, 1.165) is 70.6 Å². The fraction of sp³-hybridized carbons (Fsp3) is 0.760. The highest BCUT2D eigenvalue weighted by Gasteiger charge is 2.24. The van der Waals surface area contributed by atoms with Crippen molar-refractivity contribution in [3.8, 4) is 0 Å². The number of hydrogen-bond donors (Lipinski definition) is 3. The highest BCUT2D eigenvalue weighted by molar-refractivity contribution is 5.77. The fourth-order valence-electron chi connectivity index (χ4n) is 6.92. The highest BCUT2D eigenvalue weighted by Crippen LogP contribution is 2.18. The smallest absolute Gasteiger partial charge is 0.306 e. The van der Waals surface area contributed by atoms with Gasteiger partial charge < -0.3 is 20.3 Å². The molecule has 0 saturated carbocycles. The predicted molar refractivity (Wildman–Crippen MR) is 241 cm³/mol. The van der Waals surface area contributed by atoms with Crippen LogP contribution in [0.1, 0.15) is 220 Å². The van der Waals surface area contributed by atoms with E-state index in [9.17, 15) is 19.8 Å². The molecule has 56 heavy (non-hydrogen) atoms. The van der Waals surface area contributed by atoms with Gasteiger partial charge in [0.2, 0.25) is 5.91 Å². The number of carbonyl (C=O) groups excluding carboxylic acids is 2. The summed E-state index contributed by atoms with van der Waals surface area (Å²) in [6.45, 7) is 6.30. The quantitative estimate of drug-likeness (QED) is 0.0326. The molecule has 0 spiro atoms. The number of esters is 1. The molecule has 324 valence electrons. The van der Waals surface area contributed by atoms with Crippen molar-refractivity contribution < 1.29 is 24.5 Å². The fourth-order valence-corrected chi connectivity index (χ4v) is 6.92. The van der Waals surface area contributed by atoms with Gasteiger partial charge in [-0.2, -0.15) is 0 Å². The minimum Gasteiger partial charge on any atom is -0.462 e. The molecule has 0 aromatic carbocycles. The van der Waals surface area contributed by atoms with Gasteiger partial charge in [-0.05, 0) is 44.9 Å². The van der Waals surface area contributed by atoms with Gasteiger partial charge in [-0.15, -0.1) is 0 Å². The number of rotatable bonds is 41. The Bertz CT molecular complexity index is 1010. The average Bonchev–Trinajstić information content (AvgIpc) is 3.19. The van der Waals surface area contributed by atoms with E-state index in [4.69, 9.17) is 4.74 Å². The Morgan fingerprint density at radius 1 is 0.536 bits per heavy atom. The number of aliphatic hydroxyl groups is 2. The summed E-state index contributed by atoms with van der Waals surface area (Å²) < 4.78 is 5.89. The van der Waals surface area contributed by atoms with Crippen molar-refractivity contribution in [2.24, 2.45) is 0 Å². The molecule has 6 heteroatoms. The monoisotopic (exact) mass is 784 g/mol. The van der Waals surface area contributed by atoms with Crippen molar-refractivity contribution in [1.82, 2.24) is 5.32 Å². The van der Waals surface area contributed by atoms with E-state index in [1.165, 1.54) is 103 Å².